The summed E-state index contributed by atoms with van der Waals surface area (Å²) in [5.41, 5.74) is 5.31. The van der Waals surface area contributed by atoms with E-state index in [1.165, 1.54) is 13.2 Å². The smallest absolute Gasteiger partial charge is 0.341 e. The van der Waals surface area contributed by atoms with Crippen LogP contribution >= 0.6 is 23.7 Å². The molecule has 0 saturated heterocycles. The van der Waals surface area contributed by atoms with E-state index in [1.54, 1.807) is 24.3 Å². The number of halogens is 1. The number of anilines is 1. The van der Waals surface area contributed by atoms with Crippen molar-refractivity contribution in [3.05, 3.63) is 56.7 Å². The van der Waals surface area contributed by atoms with Crippen molar-refractivity contribution in [3.63, 3.8) is 0 Å². The van der Waals surface area contributed by atoms with Crippen molar-refractivity contribution in [1.82, 2.24) is 4.98 Å². The summed E-state index contributed by atoms with van der Waals surface area (Å²) in [4.78, 5) is 38.6. The van der Waals surface area contributed by atoms with Crippen LogP contribution in [0.5, 0.6) is 5.75 Å². The Kier molecular flexibility index (Phi) is 5.15. The van der Waals surface area contributed by atoms with Crippen molar-refractivity contribution in [1.29, 1.82) is 0 Å². The number of pyridine rings is 1. The Morgan fingerprint density at radius 1 is 1.24 bits per heavy atom. The Morgan fingerprint density at radius 2 is 1.92 bits per heavy atom. The molecule has 25 heavy (non-hydrogen) atoms. The van der Waals surface area contributed by atoms with Crippen LogP contribution in [0.4, 0.5) is 5.69 Å². The molecule has 0 aliphatic heterocycles. The van der Waals surface area contributed by atoms with Crippen molar-refractivity contribution in [2.45, 2.75) is 0 Å². The van der Waals surface area contributed by atoms with E-state index in [2.05, 4.69) is 4.98 Å². The van der Waals surface area contributed by atoms with Gasteiger partial charge >= 0.3 is 5.97 Å². The molecule has 9 heteroatoms. The van der Waals surface area contributed by atoms with Crippen LogP contribution in [0.2, 0.25) is 0 Å². The van der Waals surface area contributed by atoms with Crippen LogP contribution in [0.25, 0.3) is 10.2 Å². The Morgan fingerprint density at radius 3 is 2.56 bits per heavy atom. The van der Waals surface area contributed by atoms with Gasteiger partial charge in [-0.3, -0.25) is 9.59 Å². The molecule has 0 fully saturated rings. The highest BCUT2D eigenvalue weighted by molar-refractivity contribution is 7.21. The van der Waals surface area contributed by atoms with E-state index in [-0.39, 0.29) is 28.8 Å². The molecule has 0 bridgehead atoms. The maximum Gasteiger partial charge on any atom is 0.341 e. The number of ketones is 1. The summed E-state index contributed by atoms with van der Waals surface area (Å²) in [6.07, 6.45) is 0. The van der Waals surface area contributed by atoms with E-state index in [4.69, 9.17) is 15.6 Å². The van der Waals surface area contributed by atoms with Gasteiger partial charge in [-0.25, -0.2) is 4.79 Å². The number of hydrogen-bond acceptors (Lipinski definition) is 6. The zero-order valence-electron chi connectivity index (χ0n) is 12.9. The highest BCUT2D eigenvalue weighted by atomic mass is 35.5. The number of carbonyl (C=O) groups is 2. The fraction of sp³-hybridized carbons (Fsp3) is 0.0625. The standard InChI is InChI=1S/C16H12N2O5S.ClH/c1-23-10-5-3-2-4-7(10)12(19)13-11(17)8-6-9(16(21)22)14(20)18-15(8)24-13;/h2-6H,17H2,1H3,(H,18,20)(H,21,22);1H. The lowest BCUT2D eigenvalue weighted by atomic mass is 10.1. The monoisotopic (exact) mass is 380 g/mol. The first-order chi connectivity index (χ1) is 11.4. The molecule has 0 spiro atoms. The van der Waals surface area contributed by atoms with Crippen molar-refractivity contribution >= 4 is 51.4 Å². The molecule has 0 unspecified atom stereocenters. The summed E-state index contributed by atoms with van der Waals surface area (Å²) >= 11 is 1.00. The van der Waals surface area contributed by atoms with Crippen molar-refractivity contribution in [2.24, 2.45) is 0 Å². The lowest BCUT2D eigenvalue weighted by Crippen LogP contribution is -2.16. The lowest BCUT2D eigenvalue weighted by molar-refractivity contribution is 0.0695. The normalized spacial score (nSPS) is 10.3. The molecule has 4 N–H and O–H groups in total. The number of benzene rings is 1. The Bertz CT molecular complexity index is 1040. The van der Waals surface area contributed by atoms with E-state index in [9.17, 15) is 14.4 Å². The summed E-state index contributed by atoms with van der Waals surface area (Å²) in [5, 5.41) is 9.37. The number of fused-ring (bicyclic) bond motifs is 1. The Balaban J connectivity index is 0.00000225. The van der Waals surface area contributed by atoms with Crippen LogP contribution in [0, 0.1) is 0 Å². The number of H-pyrrole nitrogens is 1. The van der Waals surface area contributed by atoms with Gasteiger partial charge in [0.2, 0.25) is 5.78 Å². The molecule has 1 aromatic carbocycles. The van der Waals surface area contributed by atoms with Gasteiger partial charge in [0.05, 0.1) is 18.4 Å². The molecular formula is C16H13ClN2O5S. The number of aromatic amines is 1. The van der Waals surface area contributed by atoms with Gasteiger partial charge in [-0.05, 0) is 18.2 Å². The number of carboxylic acid groups (broad SMARTS) is 1. The number of aromatic carboxylic acids is 1. The van der Waals surface area contributed by atoms with Gasteiger partial charge in [-0.2, -0.15) is 0 Å². The van der Waals surface area contributed by atoms with Crippen LogP contribution in [0.3, 0.4) is 0 Å². The van der Waals surface area contributed by atoms with Gasteiger partial charge in [-0.15, -0.1) is 23.7 Å². The van der Waals surface area contributed by atoms with E-state index in [0.29, 0.717) is 21.5 Å². The molecule has 3 rings (SSSR count). The maximum atomic E-state index is 12.8. The third-order valence-corrected chi connectivity index (χ3v) is 4.67. The topological polar surface area (TPSA) is 122 Å². The van der Waals surface area contributed by atoms with E-state index >= 15 is 0 Å². The van der Waals surface area contributed by atoms with Crippen LogP contribution in [0.15, 0.2) is 35.1 Å². The SMILES string of the molecule is COc1ccccc1C(=O)c1sc2[nH]c(=O)c(C(=O)O)cc2c1N.Cl. The van der Waals surface area contributed by atoms with Gasteiger partial charge in [0.15, 0.2) is 0 Å². The molecule has 0 radical (unpaired) electrons. The highest BCUT2D eigenvalue weighted by Crippen LogP contribution is 2.35. The van der Waals surface area contributed by atoms with Gasteiger partial charge in [0.25, 0.3) is 5.56 Å². The van der Waals surface area contributed by atoms with E-state index in [1.807, 2.05) is 0 Å². The first-order valence-electron chi connectivity index (χ1n) is 6.80. The number of thiophene rings is 1. The quantitative estimate of drug-likeness (QED) is 0.598. The third kappa shape index (κ3) is 3.09. The molecule has 2 aromatic heterocycles. The number of nitrogen functional groups attached to an aromatic ring is 1. The van der Waals surface area contributed by atoms with E-state index in [0.717, 1.165) is 11.3 Å². The van der Waals surface area contributed by atoms with Crippen LogP contribution in [-0.4, -0.2) is 29.0 Å². The van der Waals surface area contributed by atoms with Crippen molar-refractivity contribution in [3.8, 4) is 5.75 Å². The second kappa shape index (κ2) is 6.96. The molecule has 3 aromatic rings. The lowest BCUT2D eigenvalue weighted by Gasteiger charge is -2.06. The minimum absolute atomic E-state index is 0. The minimum Gasteiger partial charge on any atom is -0.496 e. The molecule has 0 atom stereocenters. The molecule has 130 valence electrons. The van der Waals surface area contributed by atoms with E-state index < -0.39 is 17.1 Å². The number of methoxy groups -OCH3 is 1. The second-order valence-electron chi connectivity index (χ2n) is 4.93. The fourth-order valence-electron chi connectivity index (χ4n) is 2.36. The number of nitrogens with one attached hydrogen (secondary N) is 1. The number of para-hydroxylation sites is 1. The highest BCUT2D eigenvalue weighted by Gasteiger charge is 2.22. The predicted octanol–water partition coefficient (Wildman–Crippen LogP) is 2.53. The van der Waals surface area contributed by atoms with Crippen LogP contribution in [-0.2, 0) is 0 Å². The Hall–Kier alpha value is -2.84. The number of rotatable bonds is 4. The van der Waals surface area contributed by atoms with Crippen molar-refractivity contribution in [2.75, 3.05) is 12.8 Å². The largest absolute Gasteiger partial charge is 0.496 e. The van der Waals surface area contributed by atoms with Crippen molar-refractivity contribution < 1.29 is 19.4 Å². The molecule has 0 aliphatic rings. The molecule has 2 heterocycles. The molecule has 0 amide bonds. The number of nitrogens with two attached hydrogens (primary N) is 1. The first kappa shape index (κ1) is 18.5. The fourth-order valence-corrected chi connectivity index (χ4v) is 3.40. The molecule has 7 nitrogen and oxygen atoms in total. The zero-order chi connectivity index (χ0) is 17.4. The van der Waals surface area contributed by atoms with Gasteiger partial charge in [0.1, 0.15) is 21.0 Å². The molecule has 0 saturated carbocycles. The first-order valence-corrected chi connectivity index (χ1v) is 7.62. The molecule has 0 aliphatic carbocycles. The number of carboxylic acids is 1. The summed E-state index contributed by atoms with van der Waals surface area (Å²) in [6.45, 7) is 0. The third-order valence-electron chi connectivity index (χ3n) is 3.53. The van der Waals surface area contributed by atoms with Gasteiger partial charge in [-0.1, -0.05) is 12.1 Å². The predicted molar refractivity (Wildman–Crippen MR) is 97.5 cm³/mol. The Labute approximate surface area is 151 Å². The second-order valence-corrected chi connectivity index (χ2v) is 5.95. The average molecular weight is 381 g/mol. The van der Waals surface area contributed by atoms with Gasteiger partial charge in [0, 0.05) is 5.39 Å². The average Bonchev–Trinajstić information content (AvgIpc) is 2.89. The summed E-state index contributed by atoms with van der Waals surface area (Å²) in [5.74, 6) is -1.32. The number of aromatic nitrogens is 1. The number of carbonyl (C=O) groups excluding carboxylic acids is 1. The van der Waals surface area contributed by atoms with Gasteiger partial charge < -0.3 is 20.6 Å². The summed E-state index contributed by atoms with van der Waals surface area (Å²) in [6, 6.07) is 7.88. The number of hydrogen-bond donors (Lipinski definition) is 3. The van der Waals surface area contributed by atoms with Crippen LogP contribution < -0.4 is 16.0 Å². The summed E-state index contributed by atoms with van der Waals surface area (Å²) < 4.78 is 5.18. The summed E-state index contributed by atoms with van der Waals surface area (Å²) in [7, 11) is 1.46. The minimum atomic E-state index is -1.36. The zero-order valence-corrected chi connectivity index (χ0v) is 14.5. The number of ether oxygens (including phenoxy) is 1. The van der Waals surface area contributed by atoms with Crippen LogP contribution in [0.1, 0.15) is 25.6 Å². The molecular weight excluding hydrogens is 368 g/mol. The maximum absolute atomic E-state index is 12.8.